The molecule has 5 aromatic carbocycles. The zero-order chi connectivity index (χ0) is 31.2. The zero-order valence-corrected chi connectivity index (χ0v) is 26.6. The molecule has 2 aliphatic heterocycles. The number of para-hydroxylation sites is 2. The largest absolute Gasteiger partial charge is 0.368 e. The first-order valence-electron chi connectivity index (χ1n) is 16.5. The maximum Gasteiger partial charge on any atom is 0.368 e. The number of aromatic nitrogens is 3. The minimum atomic E-state index is -0.610. The molecule has 0 saturated heterocycles. The topological polar surface area (TPSA) is 15.9 Å². The SMILES string of the molecule is CC(C)(C)c1cc[n+]2c(c1)-c1ccc3c4c1C21c2c(ccc5ccc(c4c25)n3-c2ccccc2)N(c2ccccc2)c2cccc[n+]21. The fourth-order valence-corrected chi connectivity index (χ4v) is 9.01. The van der Waals surface area contributed by atoms with Crippen LogP contribution in [-0.2, 0) is 11.1 Å². The van der Waals surface area contributed by atoms with E-state index in [0.717, 1.165) is 11.5 Å². The normalized spacial score (nSPS) is 16.9. The highest BCUT2D eigenvalue weighted by atomic mass is 15.4. The number of hydrogen-bond donors (Lipinski definition) is 0. The number of nitrogens with zero attached hydrogens (tertiary/aromatic N) is 4. The highest BCUT2D eigenvalue weighted by molar-refractivity contribution is 6.27. The van der Waals surface area contributed by atoms with Crippen molar-refractivity contribution in [2.24, 2.45) is 0 Å². The molecule has 0 saturated carbocycles. The quantitative estimate of drug-likeness (QED) is 0.180. The van der Waals surface area contributed by atoms with Crippen molar-refractivity contribution in [2.75, 3.05) is 4.90 Å². The van der Waals surface area contributed by atoms with Crippen LogP contribution in [-0.4, -0.2) is 4.57 Å². The lowest BCUT2D eigenvalue weighted by Gasteiger charge is -2.37. The van der Waals surface area contributed by atoms with Crippen molar-refractivity contribution in [3.63, 3.8) is 0 Å². The Hall–Kier alpha value is -5.74. The van der Waals surface area contributed by atoms with E-state index < -0.39 is 5.66 Å². The predicted octanol–water partition coefficient (Wildman–Crippen LogP) is 9.18. The van der Waals surface area contributed by atoms with Gasteiger partial charge in [-0.25, -0.2) is 0 Å². The van der Waals surface area contributed by atoms with Gasteiger partial charge in [0, 0.05) is 40.0 Å². The van der Waals surface area contributed by atoms with Crippen molar-refractivity contribution in [3.8, 4) is 16.9 Å². The molecule has 222 valence electrons. The van der Waals surface area contributed by atoms with Gasteiger partial charge in [-0.1, -0.05) is 75.4 Å². The Labute approximate surface area is 273 Å². The summed E-state index contributed by atoms with van der Waals surface area (Å²) in [5.74, 6) is 1.15. The smallest absolute Gasteiger partial charge is 0.309 e. The monoisotopic (exact) mass is 604 g/mol. The number of fused-ring (bicyclic) bond motifs is 3. The molecule has 8 aromatic rings. The van der Waals surface area contributed by atoms with Gasteiger partial charge in [0.15, 0.2) is 6.20 Å². The maximum absolute atomic E-state index is 2.58. The fourth-order valence-electron chi connectivity index (χ4n) is 9.01. The zero-order valence-electron chi connectivity index (χ0n) is 26.6. The van der Waals surface area contributed by atoms with Crippen LogP contribution in [0.15, 0.2) is 140 Å². The van der Waals surface area contributed by atoms with Gasteiger partial charge in [0.1, 0.15) is 16.9 Å². The van der Waals surface area contributed by atoms with Crippen LogP contribution in [0, 0.1) is 0 Å². The van der Waals surface area contributed by atoms with Gasteiger partial charge in [0.2, 0.25) is 5.69 Å². The summed E-state index contributed by atoms with van der Waals surface area (Å²) in [6.45, 7) is 6.94. The van der Waals surface area contributed by atoms with Gasteiger partial charge in [-0.05, 0) is 71.0 Å². The Bertz CT molecular complexity index is 2660. The minimum Gasteiger partial charge on any atom is -0.309 e. The summed E-state index contributed by atoms with van der Waals surface area (Å²) in [6, 6.07) is 47.3. The molecular formula is C43H32N4+2. The van der Waals surface area contributed by atoms with Crippen LogP contribution in [0.25, 0.3) is 49.5 Å². The molecule has 3 aromatic heterocycles. The summed E-state index contributed by atoms with van der Waals surface area (Å²) >= 11 is 0. The number of anilines is 3. The summed E-state index contributed by atoms with van der Waals surface area (Å²) in [4.78, 5) is 2.46. The number of hydrogen-bond acceptors (Lipinski definition) is 1. The van der Waals surface area contributed by atoms with E-state index in [1.54, 1.807) is 0 Å². The molecule has 4 heteroatoms. The van der Waals surface area contributed by atoms with Gasteiger partial charge in [-0.15, -0.1) is 4.57 Å². The first kappa shape index (κ1) is 25.5. The second-order valence-electron chi connectivity index (χ2n) is 14.3. The Balaban J connectivity index is 1.43. The van der Waals surface area contributed by atoms with E-state index in [4.69, 9.17) is 0 Å². The van der Waals surface area contributed by atoms with Crippen molar-refractivity contribution in [1.82, 2.24) is 4.57 Å². The molecule has 0 amide bonds. The molecule has 0 fully saturated rings. The molecule has 1 atom stereocenters. The Morgan fingerprint density at radius 2 is 1.28 bits per heavy atom. The van der Waals surface area contributed by atoms with Crippen LogP contribution in [0.2, 0.25) is 0 Å². The van der Waals surface area contributed by atoms with E-state index in [-0.39, 0.29) is 5.41 Å². The number of rotatable bonds is 2. The van der Waals surface area contributed by atoms with Crippen LogP contribution in [0.4, 0.5) is 17.2 Å². The van der Waals surface area contributed by atoms with Gasteiger partial charge < -0.3 is 4.57 Å². The van der Waals surface area contributed by atoms with E-state index in [1.807, 2.05) is 0 Å². The van der Waals surface area contributed by atoms with E-state index in [9.17, 15) is 0 Å². The average Bonchev–Trinajstić information content (AvgIpc) is 3.60. The molecule has 4 nitrogen and oxygen atoms in total. The molecule has 5 heterocycles. The highest BCUT2D eigenvalue weighted by Crippen LogP contribution is 2.59. The first-order chi connectivity index (χ1) is 23.0. The van der Waals surface area contributed by atoms with Gasteiger partial charge in [-0.3, -0.25) is 0 Å². The molecule has 1 spiro atoms. The molecule has 11 rings (SSSR count). The molecule has 3 aliphatic rings. The van der Waals surface area contributed by atoms with Gasteiger partial charge in [0.25, 0.3) is 5.82 Å². The number of pyridine rings is 2. The lowest BCUT2D eigenvalue weighted by Crippen LogP contribution is -2.75. The van der Waals surface area contributed by atoms with E-state index in [2.05, 4.69) is 179 Å². The third-order valence-corrected chi connectivity index (χ3v) is 10.9. The van der Waals surface area contributed by atoms with Crippen molar-refractivity contribution < 1.29 is 9.13 Å². The lowest BCUT2D eigenvalue weighted by atomic mass is 9.77. The molecule has 1 unspecified atom stereocenters. The van der Waals surface area contributed by atoms with Crippen molar-refractivity contribution in [3.05, 3.63) is 156 Å². The van der Waals surface area contributed by atoms with E-state index in [1.165, 1.54) is 71.9 Å². The molecule has 0 N–H and O–H groups in total. The van der Waals surface area contributed by atoms with Crippen molar-refractivity contribution >= 4 is 49.8 Å². The molecule has 0 bridgehead atoms. The second kappa shape index (κ2) is 8.34. The summed E-state index contributed by atoms with van der Waals surface area (Å²) in [5, 5.41) is 5.32. The van der Waals surface area contributed by atoms with Gasteiger partial charge in [0.05, 0.1) is 28.4 Å². The Kier molecular flexibility index (Phi) is 4.52. The van der Waals surface area contributed by atoms with Crippen LogP contribution in [0.3, 0.4) is 0 Å². The Morgan fingerprint density at radius 1 is 0.574 bits per heavy atom. The molecule has 47 heavy (non-hydrogen) atoms. The maximum atomic E-state index is 2.58. The van der Waals surface area contributed by atoms with Gasteiger partial charge >= 0.3 is 5.66 Å². The van der Waals surface area contributed by atoms with E-state index >= 15 is 0 Å². The first-order valence-corrected chi connectivity index (χ1v) is 16.5. The van der Waals surface area contributed by atoms with E-state index in [0.29, 0.717) is 0 Å². The van der Waals surface area contributed by atoms with Crippen LogP contribution >= 0.6 is 0 Å². The predicted molar refractivity (Wildman–Crippen MR) is 189 cm³/mol. The Morgan fingerprint density at radius 3 is 2.06 bits per heavy atom. The second-order valence-corrected chi connectivity index (χ2v) is 14.3. The molecular weight excluding hydrogens is 573 g/mol. The summed E-state index contributed by atoms with van der Waals surface area (Å²) in [6.07, 6.45) is 4.67. The van der Waals surface area contributed by atoms with Crippen LogP contribution < -0.4 is 14.0 Å². The third-order valence-electron chi connectivity index (χ3n) is 10.9. The summed E-state index contributed by atoms with van der Waals surface area (Å²) < 4.78 is 7.61. The molecule has 1 aliphatic carbocycles. The van der Waals surface area contributed by atoms with Gasteiger partial charge in [-0.2, -0.15) is 9.47 Å². The fraction of sp³-hybridized carbons (Fsp3) is 0.116. The standard InChI is InChI=1S/C43H32N4/c1-42(2,3)28-23-25-44-35(26-28)31-19-22-33-39-38-32(46(33)29-12-6-4-7-13-29)20-17-27-18-21-34-41(37(27)38)43(44,40(31)39)45-24-11-10-16-36(45)47(34)30-14-8-5-9-15-30/h4-26H,1-3H3/q+2. The average molecular weight is 605 g/mol. The van der Waals surface area contributed by atoms with Crippen LogP contribution in [0.5, 0.6) is 0 Å². The van der Waals surface area contributed by atoms with Crippen molar-refractivity contribution in [1.29, 1.82) is 0 Å². The molecule has 0 radical (unpaired) electrons. The van der Waals surface area contributed by atoms with Crippen LogP contribution in [0.1, 0.15) is 37.5 Å². The summed E-state index contributed by atoms with van der Waals surface area (Å²) in [7, 11) is 0. The third kappa shape index (κ3) is 2.87. The lowest BCUT2D eigenvalue weighted by molar-refractivity contribution is -0.958. The van der Waals surface area contributed by atoms with Crippen molar-refractivity contribution in [2.45, 2.75) is 31.8 Å². The number of benzene rings is 5. The minimum absolute atomic E-state index is 0.0234. The summed E-state index contributed by atoms with van der Waals surface area (Å²) in [5.41, 5.74) is 12.1. The highest BCUT2D eigenvalue weighted by Gasteiger charge is 2.67.